The number of Topliss-reactive ketones (excluding diaryl/α,β-unsaturated/α-hetero) is 1. The van der Waals surface area contributed by atoms with Gasteiger partial charge in [0.1, 0.15) is 0 Å². The molecule has 0 atom stereocenters. The van der Waals surface area contributed by atoms with Gasteiger partial charge in [-0.05, 0) is 38.4 Å². The number of aryl methyl sites for hydroxylation is 1. The van der Waals surface area contributed by atoms with Crippen LogP contribution in [0, 0.1) is 6.92 Å². The summed E-state index contributed by atoms with van der Waals surface area (Å²) in [5, 5.41) is 0. The first kappa shape index (κ1) is 18.2. The molecule has 3 heteroatoms. The molecule has 1 aliphatic rings. The van der Waals surface area contributed by atoms with E-state index in [0.29, 0.717) is 12.3 Å². The largest absolute Gasteiger partial charge is 0.297 e. The summed E-state index contributed by atoms with van der Waals surface area (Å²) in [6.45, 7) is 8.86. The zero-order valence-corrected chi connectivity index (χ0v) is 14.3. The van der Waals surface area contributed by atoms with E-state index in [-0.39, 0.29) is 17.8 Å². The van der Waals surface area contributed by atoms with Crippen molar-refractivity contribution in [3.63, 3.8) is 0 Å². The van der Waals surface area contributed by atoms with Crippen LogP contribution in [0.3, 0.4) is 0 Å². The van der Waals surface area contributed by atoms with Crippen molar-refractivity contribution >= 4 is 18.2 Å². The van der Waals surface area contributed by atoms with Gasteiger partial charge in [0.05, 0.1) is 12.0 Å². The minimum Gasteiger partial charge on any atom is -0.297 e. The highest BCUT2D eigenvalue weighted by Crippen LogP contribution is 2.42. The summed E-state index contributed by atoms with van der Waals surface area (Å²) in [6, 6.07) is 8.61. The van der Waals surface area contributed by atoms with E-state index >= 15 is 0 Å². The number of carbonyl (C=O) groups is 1. The van der Waals surface area contributed by atoms with E-state index in [1.165, 1.54) is 24.0 Å². The Hall–Kier alpha value is -0.860. The summed E-state index contributed by atoms with van der Waals surface area (Å²) in [5.41, 5.74) is 2.28. The number of carbonyl (C=O) groups excluding carboxylic acids is 1. The number of hydrogen-bond acceptors (Lipinski definition) is 2. The maximum absolute atomic E-state index is 12.9. The Morgan fingerprint density at radius 1 is 1.10 bits per heavy atom. The predicted molar refractivity (Wildman–Crippen MR) is 91.4 cm³/mol. The van der Waals surface area contributed by atoms with Gasteiger partial charge in [-0.3, -0.25) is 9.69 Å². The van der Waals surface area contributed by atoms with Crippen LogP contribution >= 0.6 is 12.4 Å². The maximum Gasteiger partial charge on any atom is 0.157 e. The van der Waals surface area contributed by atoms with Gasteiger partial charge >= 0.3 is 0 Å². The Morgan fingerprint density at radius 3 is 2.10 bits per heavy atom. The first-order chi connectivity index (χ1) is 9.62. The van der Waals surface area contributed by atoms with Crippen LogP contribution in [0.5, 0.6) is 0 Å². The van der Waals surface area contributed by atoms with Gasteiger partial charge in [-0.25, -0.2) is 0 Å². The molecule has 0 aromatic heterocycles. The topological polar surface area (TPSA) is 20.3 Å². The number of likely N-dealkylation sites (N-methyl/N-ethyl adjacent to an activating group) is 1. The summed E-state index contributed by atoms with van der Waals surface area (Å²) in [4.78, 5) is 15.2. The SMILES string of the molecule is CCN(CC)CC(=O)C1(c2ccc(C)cc2)CCCC1.Cl. The molecule has 2 nitrogen and oxygen atoms in total. The summed E-state index contributed by atoms with van der Waals surface area (Å²) in [7, 11) is 0. The molecule has 0 radical (unpaired) electrons. The number of halogens is 1. The Balaban J connectivity index is 0.00000220. The molecule has 1 saturated carbocycles. The molecular formula is C18H28ClNO. The highest BCUT2D eigenvalue weighted by Gasteiger charge is 2.42. The second kappa shape index (κ2) is 7.95. The Labute approximate surface area is 135 Å². The third-order valence-electron chi connectivity index (χ3n) is 4.86. The van der Waals surface area contributed by atoms with E-state index in [1.807, 2.05) is 0 Å². The Kier molecular flexibility index (Phi) is 6.89. The van der Waals surface area contributed by atoms with Crippen LogP contribution < -0.4 is 0 Å². The molecule has 0 N–H and O–H groups in total. The van der Waals surface area contributed by atoms with Crippen LogP contribution in [0.2, 0.25) is 0 Å². The fourth-order valence-corrected chi connectivity index (χ4v) is 3.38. The third-order valence-corrected chi connectivity index (χ3v) is 4.86. The van der Waals surface area contributed by atoms with Crippen LogP contribution in [0.1, 0.15) is 50.7 Å². The van der Waals surface area contributed by atoms with Crippen LogP contribution in [-0.4, -0.2) is 30.3 Å². The molecule has 0 amide bonds. The molecule has 21 heavy (non-hydrogen) atoms. The predicted octanol–water partition coefficient (Wildman–Crippen LogP) is 4.14. The monoisotopic (exact) mass is 309 g/mol. The van der Waals surface area contributed by atoms with E-state index in [4.69, 9.17) is 0 Å². The molecular weight excluding hydrogens is 282 g/mol. The number of ketones is 1. The van der Waals surface area contributed by atoms with E-state index < -0.39 is 0 Å². The van der Waals surface area contributed by atoms with Crippen LogP contribution in [0.4, 0.5) is 0 Å². The molecule has 0 spiro atoms. The van der Waals surface area contributed by atoms with E-state index in [0.717, 1.165) is 25.9 Å². The van der Waals surface area contributed by atoms with E-state index in [1.54, 1.807) is 0 Å². The van der Waals surface area contributed by atoms with Gasteiger partial charge in [0.15, 0.2) is 5.78 Å². The lowest BCUT2D eigenvalue weighted by Crippen LogP contribution is -2.41. The second-order valence-corrected chi connectivity index (χ2v) is 6.04. The first-order valence-electron chi connectivity index (χ1n) is 7.95. The minimum atomic E-state index is -0.212. The average Bonchev–Trinajstić information content (AvgIpc) is 2.96. The lowest BCUT2D eigenvalue weighted by Gasteiger charge is -2.31. The second-order valence-electron chi connectivity index (χ2n) is 6.04. The van der Waals surface area contributed by atoms with Crippen molar-refractivity contribution in [3.05, 3.63) is 35.4 Å². The number of benzene rings is 1. The van der Waals surface area contributed by atoms with Crippen LogP contribution in [-0.2, 0) is 10.2 Å². The fourth-order valence-electron chi connectivity index (χ4n) is 3.38. The standard InChI is InChI=1S/C18H27NO.ClH/c1-4-19(5-2)14-17(20)18(12-6-7-13-18)16-10-8-15(3)9-11-16;/h8-11H,4-7,12-14H2,1-3H3;1H. The van der Waals surface area contributed by atoms with Crippen molar-refractivity contribution in [3.8, 4) is 0 Å². The fraction of sp³-hybridized carbons (Fsp3) is 0.611. The molecule has 118 valence electrons. The Morgan fingerprint density at radius 2 is 1.62 bits per heavy atom. The van der Waals surface area contributed by atoms with Gasteiger partial charge in [0.25, 0.3) is 0 Å². The molecule has 0 aliphatic heterocycles. The van der Waals surface area contributed by atoms with Crippen LogP contribution in [0.25, 0.3) is 0 Å². The third kappa shape index (κ3) is 3.87. The molecule has 0 bridgehead atoms. The number of nitrogens with zero attached hydrogens (tertiary/aromatic N) is 1. The highest BCUT2D eigenvalue weighted by molar-refractivity contribution is 5.92. The van der Waals surface area contributed by atoms with Gasteiger partial charge in [-0.15, -0.1) is 12.4 Å². The normalized spacial score (nSPS) is 16.8. The van der Waals surface area contributed by atoms with Crippen molar-refractivity contribution in [1.29, 1.82) is 0 Å². The lowest BCUT2D eigenvalue weighted by atomic mass is 9.75. The number of hydrogen-bond donors (Lipinski definition) is 0. The van der Waals surface area contributed by atoms with E-state index in [2.05, 4.69) is 49.9 Å². The smallest absolute Gasteiger partial charge is 0.157 e. The average molecular weight is 310 g/mol. The summed E-state index contributed by atoms with van der Waals surface area (Å²) in [6.07, 6.45) is 4.40. The number of rotatable bonds is 6. The molecule has 1 aromatic carbocycles. The molecule has 1 aromatic rings. The van der Waals surface area contributed by atoms with Crippen molar-refractivity contribution in [2.75, 3.05) is 19.6 Å². The zero-order valence-electron chi connectivity index (χ0n) is 13.5. The maximum atomic E-state index is 12.9. The quantitative estimate of drug-likeness (QED) is 0.787. The Bertz CT molecular complexity index is 445. The first-order valence-corrected chi connectivity index (χ1v) is 7.95. The lowest BCUT2D eigenvalue weighted by molar-refractivity contribution is -0.125. The van der Waals surface area contributed by atoms with Gasteiger partial charge in [0, 0.05) is 0 Å². The van der Waals surface area contributed by atoms with Gasteiger partial charge < -0.3 is 0 Å². The molecule has 1 aliphatic carbocycles. The molecule has 0 unspecified atom stereocenters. The molecule has 0 saturated heterocycles. The van der Waals surface area contributed by atoms with Crippen molar-refractivity contribution in [1.82, 2.24) is 4.90 Å². The summed E-state index contributed by atoms with van der Waals surface area (Å²) in [5.74, 6) is 0.419. The van der Waals surface area contributed by atoms with Gasteiger partial charge in [0.2, 0.25) is 0 Å². The molecule has 0 heterocycles. The van der Waals surface area contributed by atoms with Crippen molar-refractivity contribution in [2.24, 2.45) is 0 Å². The van der Waals surface area contributed by atoms with E-state index in [9.17, 15) is 4.79 Å². The van der Waals surface area contributed by atoms with Gasteiger partial charge in [-0.1, -0.05) is 56.5 Å². The van der Waals surface area contributed by atoms with Crippen LogP contribution in [0.15, 0.2) is 24.3 Å². The summed E-state index contributed by atoms with van der Waals surface area (Å²) < 4.78 is 0. The highest BCUT2D eigenvalue weighted by atomic mass is 35.5. The molecule has 1 fully saturated rings. The minimum absolute atomic E-state index is 0. The van der Waals surface area contributed by atoms with Gasteiger partial charge in [-0.2, -0.15) is 0 Å². The molecule has 2 rings (SSSR count). The van der Waals surface area contributed by atoms with Crippen molar-refractivity contribution < 1.29 is 4.79 Å². The summed E-state index contributed by atoms with van der Waals surface area (Å²) >= 11 is 0. The van der Waals surface area contributed by atoms with Crippen molar-refractivity contribution in [2.45, 2.75) is 51.9 Å². The zero-order chi connectivity index (χ0) is 14.6.